The zero-order valence-corrected chi connectivity index (χ0v) is 11.4. The van der Waals surface area contributed by atoms with Gasteiger partial charge in [-0.15, -0.1) is 11.3 Å². The Balaban J connectivity index is 2.60. The fraction of sp³-hybridized carbons (Fsp3) is 0.250. The zero-order chi connectivity index (χ0) is 14.2. The number of nitrogen functional groups attached to an aromatic ring is 1. The van der Waals surface area contributed by atoms with Gasteiger partial charge in [0.1, 0.15) is 17.4 Å². The standard InChI is InChI=1S/C12H14N4O2S/c1-6-3-4-10(19-6)9-5-8(13)12(18)16(15-9)7(2)11(14)17/h3-5,7H,13H2,1-2H3,(H2,14,17)/t7-/m0/s1. The van der Waals surface area contributed by atoms with E-state index in [4.69, 9.17) is 11.5 Å². The van der Waals surface area contributed by atoms with Crippen molar-refractivity contribution in [2.75, 3.05) is 5.73 Å². The molecular formula is C12H14N4O2S. The third-order valence-corrected chi connectivity index (χ3v) is 3.76. The van der Waals surface area contributed by atoms with Gasteiger partial charge in [0.05, 0.1) is 4.88 Å². The molecule has 0 unspecified atom stereocenters. The van der Waals surface area contributed by atoms with E-state index in [0.29, 0.717) is 5.69 Å². The summed E-state index contributed by atoms with van der Waals surface area (Å²) in [5.41, 5.74) is 11.0. The van der Waals surface area contributed by atoms with Crippen LogP contribution in [0.2, 0.25) is 0 Å². The van der Waals surface area contributed by atoms with Gasteiger partial charge in [-0.1, -0.05) is 0 Å². The molecule has 0 saturated carbocycles. The Hall–Kier alpha value is -2.15. The van der Waals surface area contributed by atoms with Gasteiger partial charge >= 0.3 is 0 Å². The summed E-state index contributed by atoms with van der Waals surface area (Å²) in [5, 5.41) is 4.17. The Morgan fingerprint density at radius 3 is 2.68 bits per heavy atom. The highest BCUT2D eigenvalue weighted by Crippen LogP contribution is 2.26. The maximum Gasteiger partial charge on any atom is 0.290 e. The molecule has 0 aliphatic heterocycles. The monoisotopic (exact) mass is 278 g/mol. The quantitative estimate of drug-likeness (QED) is 0.870. The van der Waals surface area contributed by atoms with Crippen LogP contribution in [0, 0.1) is 6.92 Å². The lowest BCUT2D eigenvalue weighted by Crippen LogP contribution is -2.35. The molecule has 19 heavy (non-hydrogen) atoms. The van der Waals surface area contributed by atoms with Crippen molar-refractivity contribution in [3.8, 4) is 10.6 Å². The van der Waals surface area contributed by atoms with Crippen molar-refractivity contribution in [2.24, 2.45) is 5.73 Å². The van der Waals surface area contributed by atoms with E-state index in [-0.39, 0.29) is 5.69 Å². The summed E-state index contributed by atoms with van der Waals surface area (Å²) < 4.78 is 1.03. The van der Waals surface area contributed by atoms with Crippen molar-refractivity contribution < 1.29 is 4.79 Å². The highest BCUT2D eigenvalue weighted by atomic mass is 32.1. The van der Waals surface area contributed by atoms with Crippen molar-refractivity contribution in [3.05, 3.63) is 33.4 Å². The van der Waals surface area contributed by atoms with E-state index in [2.05, 4.69) is 5.10 Å². The van der Waals surface area contributed by atoms with Crippen LogP contribution in [0.5, 0.6) is 0 Å². The van der Waals surface area contributed by atoms with Crippen LogP contribution in [-0.2, 0) is 4.79 Å². The van der Waals surface area contributed by atoms with Crippen molar-refractivity contribution in [1.29, 1.82) is 0 Å². The first-order valence-electron chi connectivity index (χ1n) is 5.65. The largest absolute Gasteiger partial charge is 0.394 e. The lowest BCUT2D eigenvalue weighted by Gasteiger charge is -2.12. The van der Waals surface area contributed by atoms with Crippen molar-refractivity contribution in [1.82, 2.24) is 9.78 Å². The van der Waals surface area contributed by atoms with E-state index in [9.17, 15) is 9.59 Å². The number of hydrogen-bond acceptors (Lipinski definition) is 5. The lowest BCUT2D eigenvalue weighted by molar-refractivity contribution is -0.121. The number of rotatable bonds is 3. The summed E-state index contributed by atoms with van der Waals surface area (Å²) in [6, 6.07) is 4.52. The minimum atomic E-state index is -0.837. The molecule has 2 aromatic heterocycles. The fourth-order valence-corrected chi connectivity index (χ4v) is 2.43. The number of nitrogens with zero attached hydrogens (tertiary/aromatic N) is 2. The molecule has 0 radical (unpaired) electrons. The van der Waals surface area contributed by atoms with Gasteiger partial charge in [-0.3, -0.25) is 9.59 Å². The summed E-state index contributed by atoms with van der Waals surface area (Å²) in [6.45, 7) is 3.49. The maximum atomic E-state index is 11.9. The van der Waals surface area contributed by atoms with Gasteiger partial charge in [-0.25, -0.2) is 4.68 Å². The van der Waals surface area contributed by atoms with Crippen LogP contribution in [0.1, 0.15) is 17.8 Å². The van der Waals surface area contributed by atoms with Crippen LogP contribution in [0.15, 0.2) is 23.0 Å². The molecule has 7 heteroatoms. The molecule has 0 spiro atoms. The number of aromatic nitrogens is 2. The normalized spacial score (nSPS) is 12.3. The second-order valence-corrected chi connectivity index (χ2v) is 5.51. The number of nitrogens with two attached hydrogens (primary N) is 2. The molecule has 2 aromatic rings. The average molecular weight is 278 g/mol. The van der Waals surface area contributed by atoms with Crippen LogP contribution in [0.4, 0.5) is 5.69 Å². The number of hydrogen-bond donors (Lipinski definition) is 2. The summed E-state index contributed by atoms with van der Waals surface area (Å²) in [4.78, 5) is 25.1. The Kier molecular flexibility index (Phi) is 3.39. The van der Waals surface area contributed by atoms with Gasteiger partial charge in [-0.2, -0.15) is 5.10 Å². The molecule has 4 N–H and O–H groups in total. The molecule has 0 aliphatic rings. The Bertz CT molecular complexity index is 689. The predicted molar refractivity (Wildman–Crippen MR) is 74.9 cm³/mol. The molecule has 6 nitrogen and oxygen atoms in total. The summed E-state index contributed by atoms with van der Waals surface area (Å²) in [7, 11) is 0. The first-order valence-corrected chi connectivity index (χ1v) is 6.47. The molecular weight excluding hydrogens is 264 g/mol. The minimum Gasteiger partial charge on any atom is -0.394 e. The second-order valence-electron chi connectivity index (χ2n) is 4.22. The van der Waals surface area contributed by atoms with Gasteiger partial charge < -0.3 is 11.5 Å². The number of thiophene rings is 1. The first kappa shape index (κ1) is 13.3. The van der Waals surface area contributed by atoms with Crippen LogP contribution in [0.3, 0.4) is 0 Å². The topological polar surface area (TPSA) is 104 Å². The number of amides is 1. The third-order valence-electron chi connectivity index (χ3n) is 2.73. The van der Waals surface area contributed by atoms with Gasteiger partial charge in [0.25, 0.3) is 5.56 Å². The lowest BCUT2D eigenvalue weighted by atomic mass is 10.3. The molecule has 1 amide bonds. The van der Waals surface area contributed by atoms with E-state index in [0.717, 1.165) is 14.4 Å². The highest BCUT2D eigenvalue weighted by Gasteiger charge is 2.17. The van der Waals surface area contributed by atoms with Gasteiger partial charge in [-0.05, 0) is 32.0 Å². The molecule has 1 atom stereocenters. The minimum absolute atomic E-state index is 0.0455. The second kappa shape index (κ2) is 4.85. The van der Waals surface area contributed by atoms with Crippen LogP contribution < -0.4 is 17.0 Å². The predicted octanol–water partition coefficient (Wildman–Crippen LogP) is 0.909. The number of carbonyl (C=O) groups is 1. The van der Waals surface area contributed by atoms with Crippen molar-refractivity contribution in [2.45, 2.75) is 19.9 Å². The van der Waals surface area contributed by atoms with E-state index in [1.807, 2.05) is 19.1 Å². The molecule has 2 heterocycles. The number of carbonyl (C=O) groups excluding carboxylic acids is 1. The molecule has 0 aromatic carbocycles. The Morgan fingerprint density at radius 2 is 2.16 bits per heavy atom. The van der Waals surface area contributed by atoms with E-state index >= 15 is 0 Å². The highest BCUT2D eigenvalue weighted by molar-refractivity contribution is 7.15. The summed E-state index contributed by atoms with van der Waals surface area (Å²) in [6.07, 6.45) is 0. The van der Waals surface area contributed by atoms with Crippen molar-refractivity contribution >= 4 is 22.9 Å². The Morgan fingerprint density at radius 1 is 1.47 bits per heavy atom. The fourth-order valence-electron chi connectivity index (χ4n) is 1.61. The maximum absolute atomic E-state index is 11.9. The first-order chi connectivity index (χ1) is 8.90. The van der Waals surface area contributed by atoms with Crippen LogP contribution in [-0.4, -0.2) is 15.7 Å². The van der Waals surface area contributed by atoms with Crippen LogP contribution in [0.25, 0.3) is 10.6 Å². The SMILES string of the molecule is Cc1ccc(-c2cc(N)c(=O)n([C@@H](C)C(N)=O)n2)s1. The molecule has 0 bridgehead atoms. The number of anilines is 1. The van der Waals surface area contributed by atoms with Gasteiger partial charge in [0, 0.05) is 4.88 Å². The van der Waals surface area contributed by atoms with Gasteiger partial charge in [0.15, 0.2) is 0 Å². The molecule has 0 fully saturated rings. The van der Waals surface area contributed by atoms with Gasteiger partial charge in [0.2, 0.25) is 5.91 Å². The summed E-state index contributed by atoms with van der Waals surface area (Å²) >= 11 is 1.53. The van der Waals surface area contributed by atoms with E-state index in [1.54, 1.807) is 0 Å². The Labute approximate surface area is 113 Å². The number of primary amides is 1. The smallest absolute Gasteiger partial charge is 0.290 e. The zero-order valence-electron chi connectivity index (χ0n) is 10.6. The van der Waals surface area contributed by atoms with Crippen LogP contribution >= 0.6 is 11.3 Å². The average Bonchev–Trinajstić information content (AvgIpc) is 2.78. The molecule has 100 valence electrons. The molecule has 2 rings (SSSR count). The molecule has 0 saturated heterocycles. The summed E-state index contributed by atoms with van der Waals surface area (Å²) in [5.74, 6) is -0.631. The molecule has 0 aliphatic carbocycles. The van der Waals surface area contributed by atoms with E-state index < -0.39 is 17.5 Å². The third kappa shape index (κ3) is 2.50. The number of aryl methyl sites for hydroxylation is 1. The van der Waals surface area contributed by atoms with E-state index in [1.165, 1.54) is 24.3 Å². The van der Waals surface area contributed by atoms with Crippen molar-refractivity contribution in [3.63, 3.8) is 0 Å².